The van der Waals surface area contributed by atoms with Gasteiger partial charge in [0.1, 0.15) is 11.5 Å². The molecule has 4 nitrogen and oxygen atoms in total. The molecule has 0 aliphatic carbocycles. The number of benzene rings is 2. The van der Waals surface area contributed by atoms with E-state index in [1.54, 1.807) is 24.5 Å². The van der Waals surface area contributed by atoms with Crippen LogP contribution in [0.4, 0.5) is 0 Å². The molecule has 0 unspecified atom stereocenters. The fraction of sp³-hybridized carbons (Fsp3) is 0.0526. The summed E-state index contributed by atoms with van der Waals surface area (Å²) < 4.78 is 5.73. The molecule has 3 aromatic rings. The Bertz CT molecular complexity index is 756. The number of nitrogens with zero attached hydrogens (tertiary/aromatic N) is 1. The second kappa shape index (κ2) is 7.22. The zero-order chi connectivity index (χ0) is 15.9. The minimum Gasteiger partial charge on any atom is -0.457 e. The summed E-state index contributed by atoms with van der Waals surface area (Å²) in [4.78, 5) is 15.9. The lowest BCUT2D eigenvalue weighted by molar-refractivity contribution is 0.0951. The highest BCUT2D eigenvalue weighted by molar-refractivity contribution is 5.93. The summed E-state index contributed by atoms with van der Waals surface area (Å²) in [7, 11) is 0. The molecule has 0 atom stereocenters. The van der Waals surface area contributed by atoms with Crippen molar-refractivity contribution in [1.82, 2.24) is 10.3 Å². The van der Waals surface area contributed by atoms with E-state index in [4.69, 9.17) is 4.74 Å². The van der Waals surface area contributed by atoms with Crippen molar-refractivity contribution in [2.75, 3.05) is 0 Å². The van der Waals surface area contributed by atoms with E-state index < -0.39 is 0 Å². The van der Waals surface area contributed by atoms with Crippen LogP contribution >= 0.6 is 0 Å². The van der Waals surface area contributed by atoms with E-state index in [2.05, 4.69) is 10.3 Å². The van der Waals surface area contributed by atoms with Gasteiger partial charge >= 0.3 is 0 Å². The van der Waals surface area contributed by atoms with E-state index in [9.17, 15) is 4.79 Å². The summed E-state index contributed by atoms with van der Waals surface area (Å²) in [5.41, 5.74) is 1.61. The van der Waals surface area contributed by atoms with Crippen LogP contribution in [0.3, 0.4) is 0 Å². The lowest BCUT2D eigenvalue weighted by Crippen LogP contribution is -2.22. The van der Waals surface area contributed by atoms with Gasteiger partial charge in [0.25, 0.3) is 5.91 Å². The van der Waals surface area contributed by atoms with Crippen molar-refractivity contribution in [2.45, 2.75) is 6.54 Å². The lowest BCUT2D eigenvalue weighted by atomic mass is 10.2. The average Bonchev–Trinajstić information content (AvgIpc) is 2.62. The zero-order valence-electron chi connectivity index (χ0n) is 12.5. The molecular weight excluding hydrogens is 288 g/mol. The normalized spacial score (nSPS) is 10.1. The molecule has 0 radical (unpaired) electrons. The summed E-state index contributed by atoms with van der Waals surface area (Å²) in [6.45, 7) is 0.465. The maximum Gasteiger partial charge on any atom is 0.251 e. The quantitative estimate of drug-likeness (QED) is 0.780. The predicted molar refractivity (Wildman–Crippen MR) is 88.4 cm³/mol. The highest BCUT2D eigenvalue weighted by Gasteiger charge is 2.04. The van der Waals surface area contributed by atoms with E-state index in [-0.39, 0.29) is 5.91 Å². The van der Waals surface area contributed by atoms with Gasteiger partial charge in [0, 0.05) is 24.5 Å². The van der Waals surface area contributed by atoms with Gasteiger partial charge in [0.15, 0.2) is 0 Å². The Morgan fingerprint density at radius 1 is 0.870 bits per heavy atom. The summed E-state index contributed by atoms with van der Waals surface area (Å²) in [6.07, 6.45) is 3.20. The Balaban J connectivity index is 1.56. The van der Waals surface area contributed by atoms with Gasteiger partial charge in [-0.15, -0.1) is 0 Å². The molecule has 1 amide bonds. The molecule has 2 aromatic carbocycles. The Hall–Kier alpha value is -3.14. The molecule has 1 N–H and O–H groups in total. The van der Waals surface area contributed by atoms with Crippen LogP contribution in [0.2, 0.25) is 0 Å². The first-order chi connectivity index (χ1) is 11.3. The van der Waals surface area contributed by atoms with Gasteiger partial charge < -0.3 is 10.1 Å². The van der Waals surface area contributed by atoms with Gasteiger partial charge in [0.2, 0.25) is 0 Å². The fourth-order valence-electron chi connectivity index (χ4n) is 2.09. The Labute approximate surface area is 134 Å². The van der Waals surface area contributed by atoms with Gasteiger partial charge in [-0.3, -0.25) is 9.78 Å². The first-order valence-corrected chi connectivity index (χ1v) is 7.31. The van der Waals surface area contributed by atoms with Crippen LogP contribution < -0.4 is 10.1 Å². The van der Waals surface area contributed by atoms with Gasteiger partial charge in [-0.25, -0.2) is 0 Å². The molecule has 3 rings (SSSR count). The van der Waals surface area contributed by atoms with E-state index in [1.165, 1.54) is 0 Å². The second-order valence-corrected chi connectivity index (χ2v) is 4.98. The number of aromatic nitrogens is 1. The third kappa shape index (κ3) is 4.17. The number of para-hydroxylation sites is 1. The maximum atomic E-state index is 12.0. The van der Waals surface area contributed by atoms with Crippen LogP contribution in [0.1, 0.15) is 15.9 Å². The molecule has 0 spiro atoms. The van der Waals surface area contributed by atoms with E-state index in [1.807, 2.05) is 54.6 Å². The van der Waals surface area contributed by atoms with Crippen molar-refractivity contribution in [2.24, 2.45) is 0 Å². The third-order valence-electron chi connectivity index (χ3n) is 3.30. The van der Waals surface area contributed by atoms with Crippen LogP contribution in [-0.2, 0) is 6.54 Å². The van der Waals surface area contributed by atoms with E-state index in [0.29, 0.717) is 12.1 Å². The first-order valence-electron chi connectivity index (χ1n) is 7.31. The largest absolute Gasteiger partial charge is 0.457 e. The lowest BCUT2D eigenvalue weighted by Gasteiger charge is -2.08. The molecule has 1 heterocycles. The number of hydrogen-bond donors (Lipinski definition) is 1. The second-order valence-electron chi connectivity index (χ2n) is 4.98. The standard InChI is InChI=1S/C19H16N2O2/c22-19(16-10-12-20-13-11-16)21-14-15-6-8-18(9-7-15)23-17-4-2-1-3-5-17/h1-13H,14H2,(H,21,22). The van der Waals surface area contributed by atoms with Gasteiger partial charge in [0.05, 0.1) is 0 Å². The molecular formula is C19H16N2O2. The molecule has 114 valence electrons. The van der Waals surface area contributed by atoms with Crippen molar-refractivity contribution in [1.29, 1.82) is 0 Å². The number of hydrogen-bond acceptors (Lipinski definition) is 3. The average molecular weight is 304 g/mol. The van der Waals surface area contributed by atoms with E-state index >= 15 is 0 Å². The summed E-state index contributed by atoms with van der Waals surface area (Å²) >= 11 is 0. The highest BCUT2D eigenvalue weighted by atomic mass is 16.5. The molecule has 0 fully saturated rings. The molecule has 23 heavy (non-hydrogen) atoms. The van der Waals surface area contributed by atoms with Crippen molar-refractivity contribution in [3.8, 4) is 11.5 Å². The van der Waals surface area contributed by atoms with Crippen LogP contribution in [0, 0.1) is 0 Å². The number of carbonyl (C=O) groups excluding carboxylic acids is 1. The number of carbonyl (C=O) groups is 1. The van der Waals surface area contributed by atoms with Gasteiger partial charge in [-0.2, -0.15) is 0 Å². The number of amides is 1. The van der Waals surface area contributed by atoms with Crippen molar-refractivity contribution in [3.63, 3.8) is 0 Å². The van der Waals surface area contributed by atoms with Crippen LogP contribution in [0.15, 0.2) is 79.1 Å². The number of rotatable bonds is 5. The Kier molecular flexibility index (Phi) is 4.64. The predicted octanol–water partition coefficient (Wildman–Crippen LogP) is 3.80. The summed E-state index contributed by atoms with van der Waals surface area (Å²) in [6, 6.07) is 20.6. The fourth-order valence-corrected chi connectivity index (χ4v) is 2.09. The maximum absolute atomic E-state index is 12.0. The first kappa shape index (κ1) is 14.8. The highest BCUT2D eigenvalue weighted by Crippen LogP contribution is 2.21. The summed E-state index contributed by atoms with van der Waals surface area (Å²) in [5.74, 6) is 1.45. The van der Waals surface area contributed by atoms with Crippen molar-refractivity contribution in [3.05, 3.63) is 90.3 Å². The molecule has 0 bridgehead atoms. The number of pyridine rings is 1. The Morgan fingerprint density at radius 3 is 2.22 bits per heavy atom. The van der Waals surface area contributed by atoms with Crippen molar-refractivity contribution >= 4 is 5.91 Å². The smallest absolute Gasteiger partial charge is 0.251 e. The minimum absolute atomic E-state index is 0.114. The van der Waals surface area contributed by atoms with Crippen molar-refractivity contribution < 1.29 is 9.53 Å². The zero-order valence-corrected chi connectivity index (χ0v) is 12.5. The van der Waals surface area contributed by atoms with Gasteiger partial charge in [-0.05, 0) is 42.0 Å². The molecule has 0 saturated heterocycles. The molecule has 4 heteroatoms. The number of nitrogens with one attached hydrogen (secondary N) is 1. The van der Waals surface area contributed by atoms with E-state index in [0.717, 1.165) is 17.1 Å². The molecule has 0 aliphatic rings. The van der Waals surface area contributed by atoms with Crippen LogP contribution in [0.5, 0.6) is 11.5 Å². The van der Waals surface area contributed by atoms with Crippen LogP contribution in [0.25, 0.3) is 0 Å². The number of ether oxygens (including phenoxy) is 1. The molecule has 1 aromatic heterocycles. The molecule has 0 aliphatic heterocycles. The monoisotopic (exact) mass is 304 g/mol. The summed E-state index contributed by atoms with van der Waals surface area (Å²) in [5, 5.41) is 2.88. The van der Waals surface area contributed by atoms with Gasteiger partial charge in [-0.1, -0.05) is 30.3 Å². The SMILES string of the molecule is O=C(NCc1ccc(Oc2ccccc2)cc1)c1ccncc1. The van der Waals surface area contributed by atoms with Crippen LogP contribution in [-0.4, -0.2) is 10.9 Å². The topological polar surface area (TPSA) is 51.2 Å². The molecule has 0 saturated carbocycles. The Morgan fingerprint density at radius 2 is 1.52 bits per heavy atom. The minimum atomic E-state index is -0.114. The third-order valence-corrected chi connectivity index (χ3v) is 3.30.